The zero-order valence-corrected chi connectivity index (χ0v) is 9.09. The monoisotopic (exact) mass is 189 g/mol. The Kier molecular flexibility index (Phi) is 2.60. The van der Waals surface area contributed by atoms with Gasteiger partial charge in [-0.05, 0) is 36.4 Å². The Hall–Kier alpha value is -0.820. The van der Waals surface area contributed by atoms with Crippen LogP contribution in [-0.2, 0) is 5.41 Å². The second-order valence-electron chi connectivity index (χ2n) is 4.49. The molecule has 1 fully saturated rings. The van der Waals surface area contributed by atoms with Gasteiger partial charge in [-0.2, -0.15) is 0 Å². The highest BCUT2D eigenvalue weighted by Crippen LogP contribution is 2.53. The van der Waals surface area contributed by atoms with Crippen LogP contribution in [0.4, 0.5) is 0 Å². The molecule has 0 spiro atoms. The van der Waals surface area contributed by atoms with Crippen molar-refractivity contribution in [2.24, 2.45) is 5.92 Å². The molecular weight excluding hydrogens is 170 g/mol. The molecule has 1 aliphatic carbocycles. The van der Waals surface area contributed by atoms with Gasteiger partial charge >= 0.3 is 0 Å². The predicted octanol–water partition coefficient (Wildman–Crippen LogP) is 2.57. The van der Waals surface area contributed by atoms with Gasteiger partial charge in [-0.15, -0.1) is 0 Å². The van der Waals surface area contributed by atoms with Crippen molar-refractivity contribution in [2.45, 2.75) is 25.7 Å². The van der Waals surface area contributed by atoms with Gasteiger partial charge in [-0.25, -0.2) is 0 Å². The zero-order valence-electron chi connectivity index (χ0n) is 9.09. The van der Waals surface area contributed by atoms with Gasteiger partial charge in [0.05, 0.1) is 0 Å². The molecule has 0 radical (unpaired) electrons. The molecule has 2 unspecified atom stereocenters. The molecule has 0 bridgehead atoms. The normalized spacial score (nSPS) is 30.3. The summed E-state index contributed by atoms with van der Waals surface area (Å²) in [5.41, 5.74) is 1.95. The van der Waals surface area contributed by atoms with Crippen LogP contribution in [0.25, 0.3) is 0 Å². The Balaban J connectivity index is 2.00. The first-order valence-corrected chi connectivity index (χ1v) is 5.53. The van der Waals surface area contributed by atoms with E-state index in [1.54, 1.807) is 0 Å². The van der Waals surface area contributed by atoms with Gasteiger partial charge in [-0.3, -0.25) is 0 Å². The number of rotatable bonds is 4. The third kappa shape index (κ3) is 1.69. The van der Waals surface area contributed by atoms with Crippen molar-refractivity contribution in [1.29, 1.82) is 0 Å². The highest BCUT2D eigenvalue weighted by atomic mass is 14.9. The van der Waals surface area contributed by atoms with Gasteiger partial charge < -0.3 is 5.32 Å². The van der Waals surface area contributed by atoms with Crippen LogP contribution in [0.15, 0.2) is 30.3 Å². The number of hydrogen-bond donors (Lipinski definition) is 1. The van der Waals surface area contributed by atoms with Crippen molar-refractivity contribution >= 4 is 0 Å². The molecule has 0 amide bonds. The van der Waals surface area contributed by atoms with Crippen LogP contribution in [-0.4, -0.2) is 13.1 Å². The molecule has 0 aromatic heterocycles. The molecule has 76 valence electrons. The van der Waals surface area contributed by atoms with Gasteiger partial charge in [-0.1, -0.05) is 44.2 Å². The Bertz CT molecular complexity index is 293. The summed E-state index contributed by atoms with van der Waals surface area (Å²) in [6, 6.07) is 10.9. The third-order valence-corrected chi connectivity index (χ3v) is 3.49. The quantitative estimate of drug-likeness (QED) is 0.767. The van der Waals surface area contributed by atoms with E-state index in [9.17, 15) is 0 Å². The second-order valence-corrected chi connectivity index (χ2v) is 4.49. The molecule has 0 saturated heterocycles. The maximum Gasteiger partial charge on any atom is -0.00119 e. The van der Waals surface area contributed by atoms with E-state index in [1.165, 1.54) is 18.5 Å². The minimum absolute atomic E-state index is 0.448. The van der Waals surface area contributed by atoms with Crippen LogP contribution in [0.5, 0.6) is 0 Å². The fraction of sp³-hybridized carbons (Fsp3) is 0.538. The van der Waals surface area contributed by atoms with Crippen molar-refractivity contribution in [2.75, 3.05) is 13.1 Å². The van der Waals surface area contributed by atoms with E-state index in [0.717, 1.165) is 12.5 Å². The molecule has 1 aliphatic rings. The average molecular weight is 189 g/mol. The van der Waals surface area contributed by atoms with Crippen molar-refractivity contribution in [3.8, 4) is 0 Å². The van der Waals surface area contributed by atoms with E-state index >= 15 is 0 Å². The minimum atomic E-state index is 0.448. The van der Waals surface area contributed by atoms with Crippen molar-refractivity contribution in [3.63, 3.8) is 0 Å². The van der Waals surface area contributed by atoms with Crippen LogP contribution >= 0.6 is 0 Å². The summed E-state index contributed by atoms with van der Waals surface area (Å²) in [6.45, 7) is 6.80. The lowest BCUT2D eigenvalue weighted by Crippen LogP contribution is -2.19. The molecule has 0 aliphatic heterocycles. The molecule has 1 nitrogen and oxygen atoms in total. The van der Waals surface area contributed by atoms with E-state index in [-0.39, 0.29) is 0 Å². The van der Waals surface area contributed by atoms with E-state index < -0.39 is 0 Å². The summed E-state index contributed by atoms with van der Waals surface area (Å²) in [5.74, 6) is 0.838. The lowest BCUT2D eigenvalue weighted by Gasteiger charge is -2.11. The molecule has 1 saturated carbocycles. The molecule has 1 aromatic rings. The average Bonchev–Trinajstić information content (AvgIpc) is 2.90. The molecule has 2 atom stereocenters. The molecule has 2 rings (SSSR count). The van der Waals surface area contributed by atoms with Gasteiger partial charge in [0.25, 0.3) is 0 Å². The largest absolute Gasteiger partial charge is 0.317 e. The van der Waals surface area contributed by atoms with Crippen LogP contribution < -0.4 is 5.32 Å². The standard InChI is InChI=1S/C13H19N/c1-3-14-10-12-9-13(12,2)11-7-5-4-6-8-11/h4-8,12,14H,3,9-10H2,1-2H3. The van der Waals surface area contributed by atoms with E-state index in [2.05, 4.69) is 49.5 Å². The molecule has 1 heteroatoms. The smallest absolute Gasteiger partial charge is 0.00119 e. The fourth-order valence-electron chi connectivity index (χ4n) is 2.24. The highest BCUT2D eigenvalue weighted by Gasteiger charge is 2.50. The summed E-state index contributed by atoms with van der Waals surface area (Å²) in [5, 5.41) is 3.44. The van der Waals surface area contributed by atoms with Crippen LogP contribution in [0, 0.1) is 5.92 Å². The summed E-state index contributed by atoms with van der Waals surface area (Å²) in [4.78, 5) is 0. The van der Waals surface area contributed by atoms with Gasteiger partial charge in [0, 0.05) is 0 Å². The summed E-state index contributed by atoms with van der Waals surface area (Å²) in [6.07, 6.45) is 1.34. The Labute approximate surface area is 86.5 Å². The minimum Gasteiger partial charge on any atom is -0.317 e. The lowest BCUT2D eigenvalue weighted by molar-refractivity contribution is 0.591. The maximum atomic E-state index is 3.44. The SMILES string of the molecule is CCNCC1CC1(C)c1ccccc1. The van der Waals surface area contributed by atoms with Crippen molar-refractivity contribution < 1.29 is 0 Å². The zero-order chi connectivity index (χ0) is 10.0. The van der Waals surface area contributed by atoms with Crippen LogP contribution in [0.3, 0.4) is 0 Å². The summed E-state index contributed by atoms with van der Waals surface area (Å²) >= 11 is 0. The Morgan fingerprint density at radius 2 is 2.07 bits per heavy atom. The van der Waals surface area contributed by atoms with Crippen LogP contribution in [0.2, 0.25) is 0 Å². The summed E-state index contributed by atoms with van der Waals surface area (Å²) in [7, 11) is 0. The topological polar surface area (TPSA) is 12.0 Å². The number of benzene rings is 1. The van der Waals surface area contributed by atoms with Crippen molar-refractivity contribution in [3.05, 3.63) is 35.9 Å². The van der Waals surface area contributed by atoms with E-state index in [4.69, 9.17) is 0 Å². The summed E-state index contributed by atoms with van der Waals surface area (Å²) < 4.78 is 0. The Morgan fingerprint density at radius 3 is 2.71 bits per heavy atom. The van der Waals surface area contributed by atoms with Gasteiger partial charge in [0.15, 0.2) is 0 Å². The first-order valence-electron chi connectivity index (χ1n) is 5.53. The van der Waals surface area contributed by atoms with Crippen LogP contribution in [0.1, 0.15) is 25.8 Å². The fourth-order valence-corrected chi connectivity index (χ4v) is 2.24. The number of nitrogens with one attached hydrogen (secondary N) is 1. The third-order valence-electron chi connectivity index (χ3n) is 3.49. The number of hydrogen-bond acceptors (Lipinski definition) is 1. The van der Waals surface area contributed by atoms with Gasteiger partial charge in [0.2, 0.25) is 0 Å². The molecular formula is C13H19N. The van der Waals surface area contributed by atoms with E-state index in [0.29, 0.717) is 5.41 Å². The first kappa shape index (κ1) is 9.72. The molecule has 1 aromatic carbocycles. The van der Waals surface area contributed by atoms with Crippen molar-refractivity contribution in [1.82, 2.24) is 5.32 Å². The second kappa shape index (κ2) is 3.74. The predicted molar refractivity (Wildman–Crippen MR) is 60.4 cm³/mol. The van der Waals surface area contributed by atoms with Gasteiger partial charge in [0.1, 0.15) is 0 Å². The molecule has 14 heavy (non-hydrogen) atoms. The first-order chi connectivity index (χ1) is 6.77. The Morgan fingerprint density at radius 1 is 1.36 bits per heavy atom. The molecule has 1 N–H and O–H groups in total. The highest BCUT2D eigenvalue weighted by molar-refractivity contribution is 5.32. The maximum absolute atomic E-state index is 3.44. The van der Waals surface area contributed by atoms with E-state index in [1.807, 2.05) is 0 Å². The lowest BCUT2D eigenvalue weighted by atomic mass is 9.95. The molecule has 0 heterocycles.